The van der Waals surface area contributed by atoms with Gasteiger partial charge in [-0.2, -0.15) is 5.10 Å². The van der Waals surface area contributed by atoms with E-state index in [1.165, 1.54) is 0 Å². The fraction of sp³-hybridized carbons (Fsp3) is 0.300. The molecule has 0 fully saturated rings. The molecule has 142 valence electrons. The van der Waals surface area contributed by atoms with Crippen LogP contribution in [0.5, 0.6) is 5.75 Å². The Bertz CT molecular complexity index is 856. The lowest BCUT2D eigenvalue weighted by Crippen LogP contribution is -2.39. The van der Waals surface area contributed by atoms with Gasteiger partial charge in [-0.1, -0.05) is 12.1 Å². The Labute approximate surface area is 158 Å². The third-order valence-corrected chi connectivity index (χ3v) is 4.38. The quantitative estimate of drug-likeness (QED) is 0.667. The normalized spacial score (nSPS) is 13.0. The van der Waals surface area contributed by atoms with Crippen molar-refractivity contribution in [3.8, 4) is 5.75 Å². The first-order chi connectivity index (χ1) is 13.1. The molecule has 1 aromatic carbocycles. The third kappa shape index (κ3) is 4.49. The van der Waals surface area contributed by atoms with Crippen LogP contribution in [0.1, 0.15) is 42.8 Å². The van der Waals surface area contributed by atoms with Gasteiger partial charge in [-0.05, 0) is 43.7 Å². The summed E-state index contributed by atoms with van der Waals surface area (Å²) in [5.41, 5.74) is 1.85. The number of hydrogen-bond acceptors (Lipinski definition) is 4. The monoisotopic (exact) mass is 368 g/mol. The maximum Gasteiger partial charge on any atom is 0.316 e. The summed E-state index contributed by atoms with van der Waals surface area (Å²) in [5.74, 6) is 1.41. The highest BCUT2D eigenvalue weighted by Crippen LogP contribution is 2.24. The van der Waals surface area contributed by atoms with Crippen LogP contribution in [0.4, 0.5) is 4.79 Å². The molecule has 2 unspecified atom stereocenters. The first-order valence-electron chi connectivity index (χ1n) is 8.87. The van der Waals surface area contributed by atoms with Crippen molar-refractivity contribution in [2.45, 2.75) is 32.5 Å². The fourth-order valence-electron chi connectivity index (χ4n) is 2.80. The van der Waals surface area contributed by atoms with Gasteiger partial charge < -0.3 is 19.8 Å². The summed E-state index contributed by atoms with van der Waals surface area (Å²) in [5, 5.41) is 10.2. The van der Waals surface area contributed by atoms with Crippen molar-refractivity contribution in [1.29, 1.82) is 0 Å². The lowest BCUT2D eigenvalue weighted by atomic mass is 10.0. The minimum Gasteiger partial charge on any atom is -0.497 e. The summed E-state index contributed by atoms with van der Waals surface area (Å²) >= 11 is 0. The van der Waals surface area contributed by atoms with Crippen LogP contribution in [0.25, 0.3) is 0 Å². The Morgan fingerprint density at radius 2 is 2.00 bits per heavy atom. The molecule has 0 aliphatic heterocycles. The average molecular weight is 368 g/mol. The van der Waals surface area contributed by atoms with Gasteiger partial charge in [-0.25, -0.2) is 4.79 Å². The smallest absolute Gasteiger partial charge is 0.316 e. The molecule has 2 aromatic heterocycles. The van der Waals surface area contributed by atoms with E-state index in [0.717, 1.165) is 23.4 Å². The van der Waals surface area contributed by atoms with Crippen LogP contribution in [0, 0.1) is 0 Å². The molecule has 0 saturated carbocycles. The molecule has 0 aliphatic carbocycles. The molecule has 27 heavy (non-hydrogen) atoms. The van der Waals surface area contributed by atoms with Crippen molar-refractivity contribution in [3.05, 3.63) is 71.9 Å². The van der Waals surface area contributed by atoms with Gasteiger partial charge in [0.05, 0.1) is 25.6 Å². The summed E-state index contributed by atoms with van der Waals surface area (Å²) in [4.78, 5) is 12.6. The summed E-state index contributed by atoms with van der Waals surface area (Å²) in [6.07, 6.45) is 5.29. The number of amides is 2. The van der Waals surface area contributed by atoms with Crippen LogP contribution in [0.15, 0.2) is 59.5 Å². The second kappa shape index (κ2) is 8.44. The number of rotatable bonds is 7. The van der Waals surface area contributed by atoms with Gasteiger partial charge in [0, 0.05) is 18.3 Å². The number of hydrogen-bond donors (Lipinski definition) is 2. The summed E-state index contributed by atoms with van der Waals surface area (Å²) < 4.78 is 12.6. The molecule has 3 aromatic rings. The van der Waals surface area contributed by atoms with E-state index < -0.39 is 6.04 Å². The van der Waals surface area contributed by atoms with Gasteiger partial charge in [-0.3, -0.25) is 4.68 Å². The standard InChI is InChI=1S/C20H24N4O3/c1-4-24-13-16(12-21-24)14(2)22-20(25)23-19(18-6-5-11-27-18)15-7-9-17(26-3)10-8-15/h5-14,19H,4H2,1-3H3,(H2,22,23,25). The minimum absolute atomic E-state index is 0.168. The number of nitrogens with one attached hydrogen (secondary N) is 2. The third-order valence-electron chi connectivity index (χ3n) is 4.38. The second-order valence-electron chi connectivity index (χ2n) is 6.19. The molecule has 0 bridgehead atoms. The van der Waals surface area contributed by atoms with Crippen LogP contribution < -0.4 is 15.4 Å². The summed E-state index contributed by atoms with van der Waals surface area (Å²) in [6, 6.07) is 10.3. The molecule has 2 amide bonds. The molecule has 3 rings (SSSR count). The SMILES string of the molecule is CCn1cc(C(C)NC(=O)NC(c2ccc(OC)cc2)c2ccco2)cn1. The Morgan fingerprint density at radius 1 is 1.22 bits per heavy atom. The topological polar surface area (TPSA) is 81.3 Å². The van der Waals surface area contributed by atoms with Crippen molar-refractivity contribution >= 4 is 6.03 Å². The Hall–Kier alpha value is -3.22. The van der Waals surface area contributed by atoms with E-state index in [1.807, 2.05) is 55.1 Å². The number of nitrogens with zero attached hydrogens (tertiary/aromatic N) is 2. The lowest BCUT2D eigenvalue weighted by molar-refractivity contribution is 0.234. The van der Waals surface area contributed by atoms with Gasteiger partial charge in [0.1, 0.15) is 17.6 Å². The largest absolute Gasteiger partial charge is 0.497 e. The van der Waals surface area contributed by atoms with E-state index in [2.05, 4.69) is 15.7 Å². The van der Waals surface area contributed by atoms with E-state index in [-0.39, 0.29) is 12.1 Å². The fourth-order valence-corrected chi connectivity index (χ4v) is 2.80. The number of furan rings is 1. The van der Waals surface area contributed by atoms with Gasteiger partial charge in [0.25, 0.3) is 0 Å². The number of carbonyl (C=O) groups excluding carboxylic acids is 1. The van der Waals surface area contributed by atoms with Crippen LogP contribution in [-0.2, 0) is 6.54 Å². The molecule has 2 atom stereocenters. The van der Waals surface area contributed by atoms with Crippen molar-refractivity contribution < 1.29 is 13.9 Å². The van der Waals surface area contributed by atoms with E-state index in [0.29, 0.717) is 5.76 Å². The van der Waals surface area contributed by atoms with Crippen molar-refractivity contribution in [3.63, 3.8) is 0 Å². The maximum absolute atomic E-state index is 12.6. The molecule has 7 nitrogen and oxygen atoms in total. The zero-order chi connectivity index (χ0) is 19.2. The Balaban J connectivity index is 1.72. The Kier molecular flexibility index (Phi) is 5.80. The van der Waals surface area contributed by atoms with Crippen molar-refractivity contribution in [1.82, 2.24) is 20.4 Å². The molecule has 0 aliphatic rings. The number of benzene rings is 1. The molecule has 0 saturated heterocycles. The highest BCUT2D eigenvalue weighted by molar-refractivity contribution is 5.75. The summed E-state index contributed by atoms with van der Waals surface area (Å²) in [6.45, 7) is 4.73. The van der Waals surface area contributed by atoms with Gasteiger partial charge in [0.2, 0.25) is 0 Å². The lowest BCUT2D eigenvalue weighted by Gasteiger charge is -2.20. The summed E-state index contributed by atoms with van der Waals surface area (Å²) in [7, 11) is 1.62. The number of ether oxygens (including phenoxy) is 1. The molecular formula is C20H24N4O3. The van der Waals surface area contributed by atoms with E-state index in [4.69, 9.17) is 9.15 Å². The van der Waals surface area contributed by atoms with E-state index in [1.54, 1.807) is 25.6 Å². The van der Waals surface area contributed by atoms with Gasteiger partial charge in [-0.15, -0.1) is 0 Å². The molecule has 0 spiro atoms. The first kappa shape index (κ1) is 18.6. The molecular weight excluding hydrogens is 344 g/mol. The van der Waals surface area contributed by atoms with Crippen LogP contribution in [0.3, 0.4) is 0 Å². The average Bonchev–Trinajstić information content (AvgIpc) is 3.38. The number of aryl methyl sites for hydroxylation is 1. The zero-order valence-corrected chi connectivity index (χ0v) is 15.7. The highest BCUT2D eigenvalue weighted by atomic mass is 16.5. The van der Waals surface area contributed by atoms with E-state index >= 15 is 0 Å². The van der Waals surface area contributed by atoms with Crippen LogP contribution >= 0.6 is 0 Å². The molecule has 2 N–H and O–H groups in total. The van der Waals surface area contributed by atoms with Gasteiger partial charge in [0.15, 0.2) is 0 Å². The van der Waals surface area contributed by atoms with Crippen molar-refractivity contribution in [2.75, 3.05) is 7.11 Å². The number of methoxy groups -OCH3 is 1. The van der Waals surface area contributed by atoms with E-state index in [9.17, 15) is 4.79 Å². The predicted octanol–water partition coefficient (Wildman–Crippen LogP) is 3.65. The van der Waals surface area contributed by atoms with Crippen LogP contribution in [-0.4, -0.2) is 22.9 Å². The molecule has 7 heteroatoms. The highest BCUT2D eigenvalue weighted by Gasteiger charge is 2.21. The van der Waals surface area contributed by atoms with Crippen molar-refractivity contribution in [2.24, 2.45) is 0 Å². The first-order valence-corrected chi connectivity index (χ1v) is 8.87. The second-order valence-corrected chi connectivity index (χ2v) is 6.19. The number of carbonyl (C=O) groups is 1. The number of aromatic nitrogens is 2. The predicted molar refractivity (Wildman–Crippen MR) is 102 cm³/mol. The molecule has 2 heterocycles. The van der Waals surface area contributed by atoms with Crippen LogP contribution in [0.2, 0.25) is 0 Å². The van der Waals surface area contributed by atoms with Gasteiger partial charge >= 0.3 is 6.03 Å². The Morgan fingerprint density at radius 3 is 2.59 bits per heavy atom. The zero-order valence-electron chi connectivity index (χ0n) is 15.7. The maximum atomic E-state index is 12.6. The number of urea groups is 1. The molecule has 0 radical (unpaired) electrons. The minimum atomic E-state index is -0.406.